The van der Waals surface area contributed by atoms with Crippen molar-refractivity contribution >= 4 is 11.8 Å². The summed E-state index contributed by atoms with van der Waals surface area (Å²) in [6.45, 7) is 3.83. The van der Waals surface area contributed by atoms with Gasteiger partial charge in [0.1, 0.15) is 5.78 Å². The van der Waals surface area contributed by atoms with Crippen LogP contribution in [0.3, 0.4) is 0 Å². The monoisotopic (exact) mass is 242 g/mol. The Morgan fingerprint density at radius 1 is 1.06 bits per heavy atom. The third-order valence-corrected chi connectivity index (χ3v) is 3.14. The summed E-state index contributed by atoms with van der Waals surface area (Å²) in [5.74, 6) is 0.209. The molecular formula is C14H26O3. The van der Waals surface area contributed by atoms with Gasteiger partial charge in [-0.25, -0.2) is 0 Å². The molecule has 3 heteroatoms. The predicted octanol–water partition coefficient (Wildman–Crippen LogP) is 3.51. The Morgan fingerprint density at radius 3 is 2.24 bits per heavy atom. The summed E-state index contributed by atoms with van der Waals surface area (Å²) in [4.78, 5) is 22.4. The van der Waals surface area contributed by atoms with Crippen molar-refractivity contribution in [3.63, 3.8) is 0 Å². The minimum atomic E-state index is -0.182. The number of esters is 1. The highest BCUT2D eigenvalue weighted by Gasteiger charge is 2.14. The molecule has 0 aromatic rings. The molecule has 0 rings (SSSR count). The largest absolute Gasteiger partial charge is 0.469 e. The lowest BCUT2D eigenvalue weighted by Gasteiger charge is -2.12. The summed E-state index contributed by atoms with van der Waals surface area (Å²) in [6, 6.07) is 0. The Bertz CT molecular complexity index is 224. The Labute approximate surface area is 105 Å². The number of hydrogen-bond acceptors (Lipinski definition) is 3. The van der Waals surface area contributed by atoms with E-state index >= 15 is 0 Å². The van der Waals surface area contributed by atoms with Gasteiger partial charge in [0, 0.05) is 12.3 Å². The molecule has 17 heavy (non-hydrogen) atoms. The number of methoxy groups -OCH3 is 1. The Kier molecular flexibility index (Phi) is 9.78. The van der Waals surface area contributed by atoms with Crippen LogP contribution in [0.2, 0.25) is 0 Å². The van der Waals surface area contributed by atoms with Gasteiger partial charge in [0.15, 0.2) is 0 Å². The van der Waals surface area contributed by atoms with Crippen LogP contribution in [0.25, 0.3) is 0 Å². The third kappa shape index (κ3) is 8.90. The molecule has 0 spiro atoms. The molecule has 1 unspecified atom stereocenters. The van der Waals surface area contributed by atoms with Crippen molar-refractivity contribution in [2.75, 3.05) is 7.11 Å². The van der Waals surface area contributed by atoms with E-state index in [2.05, 4.69) is 11.7 Å². The second-order valence-corrected chi connectivity index (χ2v) is 4.63. The first-order valence-corrected chi connectivity index (χ1v) is 6.69. The van der Waals surface area contributed by atoms with E-state index in [0.717, 1.165) is 25.7 Å². The fraction of sp³-hybridized carbons (Fsp3) is 0.857. The van der Waals surface area contributed by atoms with Crippen molar-refractivity contribution in [3.8, 4) is 0 Å². The minimum absolute atomic E-state index is 0.136. The molecule has 0 aliphatic carbocycles. The van der Waals surface area contributed by atoms with E-state index in [-0.39, 0.29) is 17.7 Å². The van der Waals surface area contributed by atoms with Crippen molar-refractivity contribution in [3.05, 3.63) is 0 Å². The molecule has 0 aromatic carbocycles. The standard InChI is InChI=1S/C14H26O3/c1-4-5-6-7-9-13(12(2)15)10-8-11-14(16)17-3/h13H,4-11H2,1-3H3. The lowest BCUT2D eigenvalue weighted by Crippen LogP contribution is -2.12. The van der Waals surface area contributed by atoms with Gasteiger partial charge in [-0.2, -0.15) is 0 Å². The van der Waals surface area contributed by atoms with Gasteiger partial charge >= 0.3 is 5.97 Å². The number of hydrogen-bond donors (Lipinski definition) is 0. The molecule has 1 atom stereocenters. The molecule has 0 fully saturated rings. The molecule has 3 nitrogen and oxygen atoms in total. The number of ketones is 1. The smallest absolute Gasteiger partial charge is 0.305 e. The van der Waals surface area contributed by atoms with Crippen LogP contribution in [0.5, 0.6) is 0 Å². The summed E-state index contributed by atoms with van der Waals surface area (Å²) < 4.78 is 4.58. The molecule has 0 aromatic heterocycles. The minimum Gasteiger partial charge on any atom is -0.469 e. The first-order valence-electron chi connectivity index (χ1n) is 6.69. The molecule has 0 N–H and O–H groups in total. The Hall–Kier alpha value is -0.860. The highest BCUT2D eigenvalue weighted by atomic mass is 16.5. The van der Waals surface area contributed by atoms with Gasteiger partial charge in [-0.1, -0.05) is 32.6 Å². The molecule has 0 saturated carbocycles. The predicted molar refractivity (Wildman–Crippen MR) is 68.8 cm³/mol. The van der Waals surface area contributed by atoms with Gasteiger partial charge < -0.3 is 4.74 Å². The number of carbonyl (C=O) groups is 2. The summed E-state index contributed by atoms with van der Waals surface area (Å²) in [5.41, 5.74) is 0. The lowest BCUT2D eigenvalue weighted by molar-refractivity contribution is -0.141. The zero-order valence-corrected chi connectivity index (χ0v) is 11.5. The van der Waals surface area contributed by atoms with Crippen molar-refractivity contribution < 1.29 is 14.3 Å². The third-order valence-electron chi connectivity index (χ3n) is 3.14. The van der Waals surface area contributed by atoms with Crippen molar-refractivity contribution in [2.24, 2.45) is 5.92 Å². The normalized spacial score (nSPS) is 12.2. The Balaban J connectivity index is 3.75. The second-order valence-electron chi connectivity index (χ2n) is 4.63. The van der Waals surface area contributed by atoms with E-state index in [9.17, 15) is 9.59 Å². The molecule has 0 bridgehead atoms. The lowest BCUT2D eigenvalue weighted by atomic mass is 9.92. The zero-order chi connectivity index (χ0) is 13.1. The van der Waals surface area contributed by atoms with Gasteiger partial charge in [0.25, 0.3) is 0 Å². The first-order chi connectivity index (χ1) is 8.11. The molecule has 0 radical (unpaired) electrons. The van der Waals surface area contributed by atoms with Crippen LogP contribution in [0.15, 0.2) is 0 Å². The average molecular weight is 242 g/mol. The molecule has 0 saturated heterocycles. The molecular weight excluding hydrogens is 216 g/mol. The number of rotatable bonds is 10. The van der Waals surface area contributed by atoms with Crippen molar-refractivity contribution in [1.29, 1.82) is 0 Å². The summed E-state index contributed by atoms with van der Waals surface area (Å²) >= 11 is 0. The van der Waals surface area contributed by atoms with Crippen LogP contribution in [0.1, 0.15) is 65.2 Å². The second kappa shape index (κ2) is 10.3. The maximum absolute atomic E-state index is 11.4. The van der Waals surface area contributed by atoms with E-state index in [1.807, 2.05) is 0 Å². The van der Waals surface area contributed by atoms with Crippen molar-refractivity contribution in [2.45, 2.75) is 65.2 Å². The van der Waals surface area contributed by atoms with Crippen molar-refractivity contribution in [1.82, 2.24) is 0 Å². The molecule has 0 heterocycles. The number of carbonyl (C=O) groups excluding carboxylic acids is 2. The Morgan fingerprint density at radius 2 is 1.71 bits per heavy atom. The number of Topliss-reactive ketones (excluding diaryl/α,β-unsaturated/α-hetero) is 1. The van der Waals surface area contributed by atoms with E-state index in [4.69, 9.17) is 0 Å². The van der Waals surface area contributed by atoms with Crippen LogP contribution in [-0.4, -0.2) is 18.9 Å². The highest BCUT2D eigenvalue weighted by molar-refractivity contribution is 5.78. The molecule has 0 aliphatic rings. The van der Waals surface area contributed by atoms with Crippen LogP contribution in [0, 0.1) is 5.92 Å². The highest BCUT2D eigenvalue weighted by Crippen LogP contribution is 2.18. The molecule has 100 valence electrons. The zero-order valence-electron chi connectivity index (χ0n) is 11.5. The van der Waals surface area contributed by atoms with Crippen LogP contribution in [0.4, 0.5) is 0 Å². The van der Waals surface area contributed by atoms with Gasteiger partial charge in [0.05, 0.1) is 7.11 Å². The SMILES string of the molecule is CCCCCCC(CCCC(=O)OC)C(C)=O. The maximum Gasteiger partial charge on any atom is 0.305 e. The number of unbranched alkanes of at least 4 members (excludes halogenated alkanes) is 3. The quantitative estimate of drug-likeness (QED) is 0.435. The molecule has 0 amide bonds. The van der Waals surface area contributed by atoms with Gasteiger partial charge in [-0.3, -0.25) is 9.59 Å². The van der Waals surface area contributed by atoms with E-state index < -0.39 is 0 Å². The summed E-state index contributed by atoms with van der Waals surface area (Å²) in [7, 11) is 1.40. The van der Waals surface area contributed by atoms with E-state index in [0.29, 0.717) is 6.42 Å². The van der Waals surface area contributed by atoms with E-state index in [1.165, 1.54) is 26.4 Å². The first kappa shape index (κ1) is 16.1. The average Bonchev–Trinajstić information content (AvgIpc) is 2.31. The summed E-state index contributed by atoms with van der Waals surface area (Å²) in [6.07, 6.45) is 7.75. The van der Waals surface area contributed by atoms with Gasteiger partial charge in [-0.05, 0) is 26.2 Å². The topological polar surface area (TPSA) is 43.4 Å². The van der Waals surface area contributed by atoms with Gasteiger partial charge in [-0.15, -0.1) is 0 Å². The van der Waals surface area contributed by atoms with Crippen LogP contribution >= 0.6 is 0 Å². The molecule has 0 aliphatic heterocycles. The van der Waals surface area contributed by atoms with Crippen LogP contribution < -0.4 is 0 Å². The summed E-state index contributed by atoms with van der Waals surface area (Å²) in [5, 5.41) is 0. The van der Waals surface area contributed by atoms with Crippen LogP contribution in [-0.2, 0) is 14.3 Å². The van der Waals surface area contributed by atoms with E-state index in [1.54, 1.807) is 6.92 Å². The maximum atomic E-state index is 11.4. The fourth-order valence-electron chi connectivity index (χ4n) is 1.96. The fourth-order valence-corrected chi connectivity index (χ4v) is 1.96. The van der Waals surface area contributed by atoms with Gasteiger partial charge in [0.2, 0.25) is 0 Å². The number of ether oxygens (including phenoxy) is 1.